The number of aliphatic hydroxyl groups is 1. The number of piperazine rings is 1. The fraction of sp³-hybridized carbons (Fsp3) is 0.625. The Morgan fingerprint density at radius 1 is 1.25 bits per heavy atom. The standard InChI is InChI=1S/C16H26N2O2/c1-12-9-18(10-13(2)17(12)3)11-15(19)14-7-5-6-8-16(14)20-4/h5-8,12-13,15,19H,9-11H2,1-4H3. The van der Waals surface area contributed by atoms with Gasteiger partial charge in [0.25, 0.3) is 0 Å². The van der Waals surface area contributed by atoms with Gasteiger partial charge in [-0.2, -0.15) is 0 Å². The van der Waals surface area contributed by atoms with Crippen molar-refractivity contribution in [3.05, 3.63) is 29.8 Å². The Morgan fingerprint density at radius 2 is 1.85 bits per heavy atom. The first-order chi connectivity index (χ1) is 9.52. The molecule has 4 nitrogen and oxygen atoms in total. The highest BCUT2D eigenvalue weighted by Gasteiger charge is 2.28. The van der Waals surface area contributed by atoms with E-state index in [1.807, 2.05) is 24.3 Å². The monoisotopic (exact) mass is 278 g/mol. The topological polar surface area (TPSA) is 35.9 Å². The van der Waals surface area contributed by atoms with Crippen molar-refractivity contribution in [1.29, 1.82) is 0 Å². The number of hydrogen-bond donors (Lipinski definition) is 1. The summed E-state index contributed by atoms with van der Waals surface area (Å²) < 4.78 is 5.33. The predicted molar refractivity (Wildman–Crippen MR) is 81.1 cm³/mol. The third-order valence-electron chi connectivity index (χ3n) is 4.36. The number of methoxy groups -OCH3 is 1. The number of benzene rings is 1. The van der Waals surface area contributed by atoms with Gasteiger partial charge in [0.15, 0.2) is 0 Å². The van der Waals surface area contributed by atoms with Gasteiger partial charge >= 0.3 is 0 Å². The largest absolute Gasteiger partial charge is 0.496 e. The predicted octanol–water partition coefficient (Wildman–Crippen LogP) is 1.75. The molecule has 1 fully saturated rings. The molecule has 1 aliphatic heterocycles. The number of ether oxygens (including phenoxy) is 1. The zero-order chi connectivity index (χ0) is 14.7. The van der Waals surface area contributed by atoms with Gasteiger partial charge in [-0.15, -0.1) is 0 Å². The van der Waals surface area contributed by atoms with Crippen LogP contribution in [0.2, 0.25) is 0 Å². The summed E-state index contributed by atoms with van der Waals surface area (Å²) in [6, 6.07) is 8.73. The molecule has 1 aromatic carbocycles. The van der Waals surface area contributed by atoms with Crippen molar-refractivity contribution >= 4 is 0 Å². The fourth-order valence-corrected chi connectivity index (χ4v) is 2.95. The van der Waals surface area contributed by atoms with Crippen LogP contribution in [0.4, 0.5) is 0 Å². The van der Waals surface area contributed by atoms with Crippen molar-refractivity contribution in [2.45, 2.75) is 32.0 Å². The van der Waals surface area contributed by atoms with E-state index in [0.717, 1.165) is 24.4 Å². The molecule has 4 heteroatoms. The number of para-hydroxylation sites is 1. The highest BCUT2D eigenvalue weighted by atomic mass is 16.5. The summed E-state index contributed by atoms with van der Waals surface area (Å²) >= 11 is 0. The van der Waals surface area contributed by atoms with Gasteiger partial charge in [0.1, 0.15) is 5.75 Å². The quantitative estimate of drug-likeness (QED) is 0.910. The zero-order valence-electron chi connectivity index (χ0n) is 12.9. The smallest absolute Gasteiger partial charge is 0.124 e. The molecule has 2 rings (SSSR count). The van der Waals surface area contributed by atoms with Gasteiger partial charge in [-0.05, 0) is 27.0 Å². The molecule has 1 aromatic rings. The lowest BCUT2D eigenvalue weighted by Crippen LogP contribution is -2.55. The van der Waals surface area contributed by atoms with Gasteiger partial charge in [-0.3, -0.25) is 9.80 Å². The van der Waals surface area contributed by atoms with Crippen LogP contribution in [-0.4, -0.2) is 60.8 Å². The maximum Gasteiger partial charge on any atom is 0.124 e. The van der Waals surface area contributed by atoms with Crippen molar-refractivity contribution in [1.82, 2.24) is 9.80 Å². The van der Waals surface area contributed by atoms with Crippen molar-refractivity contribution in [3.63, 3.8) is 0 Å². The molecule has 20 heavy (non-hydrogen) atoms. The number of likely N-dealkylation sites (N-methyl/N-ethyl adjacent to an activating group) is 1. The molecule has 1 N–H and O–H groups in total. The van der Waals surface area contributed by atoms with Gasteiger partial charge in [-0.1, -0.05) is 18.2 Å². The zero-order valence-corrected chi connectivity index (χ0v) is 12.9. The molecule has 112 valence electrons. The molecule has 0 aromatic heterocycles. The van der Waals surface area contributed by atoms with E-state index in [2.05, 4.69) is 30.7 Å². The minimum absolute atomic E-state index is 0.506. The third kappa shape index (κ3) is 3.32. The van der Waals surface area contributed by atoms with E-state index in [1.165, 1.54) is 0 Å². The number of aliphatic hydroxyl groups excluding tert-OH is 1. The number of hydrogen-bond acceptors (Lipinski definition) is 4. The van der Waals surface area contributed by atoms with Crippen LogP contribution in [0.25, 0.3) is 0 Å². The second-order valence-electron chi connectivity index (χ2n) is 5.84. The summed E-state index contributed by atoms with van der Waals surface area (Å²) in [6.45, 7) is 7.11. The molecule has 1 aliphatic rings. The van der Waals surface area contributed by atoms with Crippen LogP contribution in [-0.2, 0) is 0 Å². The average Bonchev–Trinajstić information content (AvgIpc) is 2.44. The van der Waals surface area contributed by atoms with Gasteiger partial charge in [0.2, 0.25) is 0 Å². The molecule has 3 atom stereocenters. The van der Waals surface area contributed by atoms with Crippen molar-refractivity contribution in [2.75, 3.05) is 33.8 Å². The van der Waals surface area contributed by atoms with Gasteiger partial charge < -0.3 is 9.84 Å². The summed E-state index contributed by atoms with van der Waals surface area (Å²) in [5.74, 6) is 0.759. The van der Waals surface area contributed by atoms with E-state index in [4.69, 9.17) is 4.74 Å². The van der Waals surface area contributed by atoms with Crippen molar-refractivity contribution in [3.8, 4) is 5.75 Å². The summed E-state index contributed by atoms with van der Waals surface area (Å²) in [6.07, 6.45) is -0.506. The molecule has 0 bridgehead atoms. The van der Waals surface area contributed by atoms with E-state index in [1.54, 1.807) is 7.11 Å². The molecule has 0 aliphatic carbocycles. The molecule has 1 heterocycles. The van der Waals surface area contributed by atoms with E-state index in [-0.39, 0.29) is 0 Å². The Hall–Kier alpha value is -1.10. The van der Waals surface area contributed by atoms with Crippen LogP contribution in [0.1, 0.15) is 25.5 Å². The maximum absolute atomic E-state index is 10.5. The normalized spacial score (nSPS) is 26.4. The molecule has 1 saturated heterocycles. The Labute approximate surface area is 122 Å². The van der Waals surface area contributed by atoms with Gasteiger partial charge in [0, 0.05) is 37.3 Å². The maximum atomic E-state index is 10.5. The summed E-state index contributed by atoms with van der Waals surface area (Å²) in [7, 11) is 3.81. The van der Waals surface area contributed by atoms with Crippen LogP contribution in [0.3, 0.4) is 0 Å². The second kappa shape index (κ2) is 6.57. The molecule has 0 radical (unpaired) electrons. The fourth-order valence-electron chi connectivity index (χ4n) is 2.95. The SMILES string of the molecule is COc1ccccc1C(O)CN1CC(C)N(C)C(C)C1. The number of nitrogens with zero attached hydrogens (tertiary/aromatic N) is 2. The van der Waals surface area contributed by atoms with Crippen molar-refractivity contribution in [2.24, 2.45) is 0 Å². The van der Waals surface area contributed by atoms with Crippen molar-refractivity contribution < 1.29 is 9.84 Å². The van der Waals surface area contributed by atoms with E-state index < -0.39 is 6.10 Å². The molecule has 3 unspecified atom stereocenters. The lowest BCUT2D eigenvalue weighted by molar-refractivity contribution is 0.0276. The van der Waals surface area contributed by atoms with Crippen LogP contribution in [0.5, 0.6) is 5.75 Å². The Bertz CT molecular complexity index is 426. The minimum Gasteiger partial charge on any atom is -0.496 e. The van der Waals surface area contributed by atoms with Crippen LogP contribution in [0, 0.1) is 0 Å². The summed E-state index contributed by atoms with van der Waals surface area (Å²) in [5.41, 5.74) is 0.870. The lowest BCUT2D eigenvalue weighted by atomic mass is 10.0. The highest BCUT2D eigenvalue weighted by molar-refractivity contribution is 5.35. The molecule has 0 saturated carbocycles. The Balaban J connectivity index is 2.02. The van der Waals surface area contributed by atoms with Gasteiger partial charge in [-0.25, -0.2) is 0 Å². The van der Waals surface area contributed by atoms with Crippen LogP contribution < -0.4 is 4.74 Å². The van der Waals surface area contributed by atoms with E-state index in [0.29, 0.717) is 18.6 Å². The van der Waals surface area contributed by atoms with E-state index >= 15 is 0 Å². The summed E-state index contributed by atoms with van der Waals surface area (Å²) in [5, 5.41) is 10.5. The lowest BCUT2D eigenvalue weighted by Gasteiger charge is -2.43. The average molecular weight is 278 g/mol. The first kappa shape index (κ1) is 15.3. The van der Waals surface area contributed by atoms with Crippen LogP contribution >= 0.6 is 0 Å². The Morgan fingerprint density at radius 3 is 2.45 bits per heavy atom. The highest BCUT2D eigenvalue weighted by Crippen LogP contribution is 2.26. The third-order valence-corrected chi connectivity index (χ3v) is 4.36. The van der Waals surface area contributed by atoms with Gasteiger partial charge in [0.05, 0.1) is 13.2 Å². The second-order valence-corrected chi connectivity index (χ2v) is 5.84. The molecule has 0 spiro atoms. The first-order valence-corrected chi connectivity index (χ1v) is 7.28. The number of β-amino-alcohol motifs (C(OH)–C–C–N with tert-alkyl or cyclic N) is 1. The number of rotatable bonds is 4. The molecular formula is C16H26N2O2. The summed E-state index contributed by atoms with van der Waals surface area (Å²) in [4.78, 5) is 4.73. The first-order valence-electron chi connectivity index (χ1n) is 7.28. The molecule has 0 amide bonds. The van der Waals surface area contributed by atoms with Crippen LogP contribution in [0.15, 0.2) is 24.3 Å². The molecular weight excluding hydrogens is 252 g/mol. The van der Waals surface area contributed by atoms with E-state index in [9.17, 15) is 5.11 Å². The Kier molecular flexibility index (Phi) is 5.02. The minimum atomic E-state index is -0.506.